The molecule has 0 fully saturated rings. The number of rotatable bonds is 29. The molecule has 0 bridgehead atoms. The van der Waals surface area contributed by atoms with E-state index < -0.39 is 0 Å². The van der Waals surface area contributed by atoms with Crippen LogP contribution in [0.5, 0.6) is 0 Å². The average Bonchev–Trinajstić information content (AvgIpc) is 3.29. The highest BCUT2D eigenvalue weighted by atomic mass is 15.4. The van der Waals surface area contributed by atoms with Crippen molar-refractivity contribution in [1.29, 1.82) is 0 Å². The molecule has 0 amide bonds. The van der Waals surface area contributed by atoms with Crippen LogP contribution in [0.1, 0.15) is 194 Å². The van der Waals surface area contributed by atoms with Crippen molar-refractivity contribution in [1.82, 2.24) is 9.80 Å². The average molecular weight is 519 g/mol. The second-order valence-corrected chi connectivity index (χ2v) is 12.2. The summed E-state index contributed by atoms with van der Waals surface area (Å²) < 4.78 is 0. The van der Waals surface area contributed by atoms with E-state index in [1.165, 1.54) is 186 Å². The fourth-order valence-electron chi connectivity index (χ4n) is 6.01. The van der Waals surface area contributed by atoms with E-state index in [9.17, 15) is 0 Å². The predicted molar refractivity (Wildman–Crippen MR) is 168 cm³/mol. The highest BCUT2D eigenvalue weighted by Crippen LogP contribution is 2.24. The molecule has 1 aliphatic heterocycles. The minimum atomic E-state index is 0.642. The Morgan fingerprint density at radius 2 is 0.622 bits per heavy atom. The van der Waals surface area contributed by atoms with Crippen LogP contribution in [0, 0.1) is 0 Å². The Morgan fingerprint density at radius 1 is 0.351 bits per heavy atom. The molecule has 2 heteroatoms. The minimum Gasteiger partial charge on any atom is -0.356 e. The molecule has 1 aliphatic rings. The summed E-state index contributed by atoms with van der Waals surface area (Å²) >= 11 is 0. The van der Waals surface area contributed by atoms with Crippen LogP contribution in [0.3, 0.4) is 0 Å². The van der Waals surface area contributed by atoms with Crippen molar-refractivity contribution in [2.24, 2.45) is 0 Å². The van der Waals surface area contributed by atoms with E-state index in [0.29, 0.717) is 6.17 Å². The fourth-order valence-corrected chi connectivity index (χ4v) is 6.01. The first-order valence-electron chi connectivity index (χ1n) is 17.5. The summed E-state index contributed by atoms with van der Waals surface area (Å²) in [6, 6.07) is 0. The van der Waals surface area contributed by atoms with E-state index in [1.54, 1.807) is 0 Å². The zero-order valence-electron chi connectivity index (χ0n) is 26.1. The number of hydrogen-bond donors (Lipinski definition) is 0. The van der Waals surface area contributed by atoms with Gasteiger partial charge in [0, 0.05) is 25.5 Å². The van der Waals surface area contributed by atoms with E-state index in [1.807, 2.05) is 0 Å². The predicted octanol–water partition coefficient (Wildman–Crippen LogP) is 12.0. The summed E-state index contributed by atoms with van der Waals surface area (Å²) in [7, 11) is 0. The lowest BCUT2D eigenvalue weighted by Gasteiger charge is -2.33. The SMILES string of the molecule is CCCCCCCCCCCCCCCN1C=CN(CCCCC)C1CCCCCCCCCCCC. The van der Waals surface area contributed by atoms with Gasteiger partial charge in [-0.2, -0.15) is 0 Å². The molecule has 1 unspecified atom stereocenters. The molecule has 0 radical (unpaired) electrons. The van der Waals surface area contributed by atoms with Crippen LogP contribution >= 0.6 is 0 Å². The van der Waals surface area contributed by atoms with Crippen molar-refractivity contribution < 1.29 is 0 Å². The van der Waals surface area contributed by atoms with Crippen molar-refractivity contribution in [3.63, 3.8) is 0 Å². The Bertz CT molecular complexity index is 474. The Hall–Kier alpha value is -0.660. The van der Waals surface area contributed by atoms with Crippen molar-refractivity contribution in [3.05, 3.63) is 12.4 Å². The number of nitrogens with zero attached hydrogens (tertiary/aromatic N) is 2. The molecular formula is C35H70N2. The van der Waals surface area contributed by atoms with E-state index in [2.05, 4.69) is 43.0 Å². The molecule has 1 rings (SSSR count). The van der Waals surface area contributed by atoms with Crippen LogP contribution in [0.4, 0.5) is 0 Å². The second-order valence-electron chi connectivity index (χ2n) is 12.2. The molecule has 37 heavy (non-hydrogen) atoms. The smallest absolute Gasteiger partial charge is 0.101 e. The molecule has 0 saturated carbocycles. The van der Waals surface area contributed by atoms with Gasteiger partial charge in [-0.3, -0.25) is 0 Å². The van der Waals surface area contributed by atoms with E-state index in [4.69, 9.17) is 0 Å². The van der Waals surface area contributed by atoms with E-state index in [0.717, 1.165) is 0 Å². The third-order valence-electron chi connectivity index (χ3n) is 8.57. The lowest BCUT2D eigenvalue weighted by Crippen LogP contribution is -2.39. The highest BCUT2D eigenvalue weighted by Gasteiger charge is 2.24. The zero-order valence-corrected chi connectivity index (χ0v) is 26.1. The standard InChI is InChI=1S/C35H70N2/c1-4-7-10-12-14-16-18-19-20-22-24-26-29-32-37-34-33-36(31-28-9-6-3)35(37)30-27-25-23-21-17-15-13-11-8-5-2/h33-35H,4-32H2,1-3H3. The molecule has 1 atom stereocenters. The first-order valence-corrected chi connectivity index (χ1v) is 17.5. The molecule has 0 spiro atoms. The summed E-state index contributed by atoms with van der Waals surface area (Å²) in [6.45, 7) is 9.46. The van der Waals surface area contributed by atoms with E-state index >= 15 is 0 Å². The molecule has 0 aliphatic carbocycles. The van der Waals surface area contributed by atoms with Gasteiger partial charge >= 0.3 is 0 Å². The largest absolute Gasteiger partial charge is 0.356 e. The van der Waals surface area contributed by atoms with Crippen molar-refractivity contribution in [2.45, 2.75) is 200 Å². The first-order chi connectivity index (χ1) is 18.3. The van der Waals surface area contributed by atoms with Gasteiger partial charge in [-0.15, -0.1) is 0 Å². The fraction of sp³-hybridized carbons (Fsp3) is 0.943. The third kappa shape index (κ3) is 20.0. The monoisotopic (exact) mass is 519 g/mol. The van der Waals surface area contributed by atoms with Crippen molar-refractivity contribution in [3.8, 4) is 0 Å². The van der Waals surface area contributed by atoms with Gasteiger partial charge in [0.1, 0.15) is 6.17 Å². The zero-order chi connectivity index (χ0) is 26.7. The topological polar surface area (TPSA) is 6.48 Å². The van der Waals surface area contributed by atoms with Crippen LogP contribution < -0.4 is 0 Å². The van der Waals surface area contributed by atoms with Gasteiger partial charge in [0.05, 0.1) is 0 Å². The van der Waals surface area contributed by atoms with Gasteiger partial charge in [-0.05, 0) is 25.7 Å². The van der Waals surface area contributed by atoms with Gasteiger partial charge < -0.3 is 9.80 Å². The summed E-state index contributed by atoms with van der Waals surface area (Å²) in [5.74, 6) is 0. The molecule has 0 N–H and O–H groups in total. The van der Waals surface area contributed by atoms with Gasteiger partial charge in [-0.1, -0.05) is 168 Å². The normalized spacial score (nSPS) is 15.4. The quantitative estimate of drug-likeness (QED) is 0.0908. The molecule has 1 heterocycles. The summed E-state index contributed by atoms with van der Waals surface area (Å²) in [4.78, 5) is 5.36. The minimum absolute atomic E-state index is 0.642. The first kappa shape index (κ1) is 34.4. The lowest BCUT2D eigenvalue weighted by atomic mass is 10.0. The molecule has 2 nitrogen and oxygen atoms in total. The molecule has 0 aromatic carbocycles. The van der Waals surface area contributed by atoms with Crippen molar-refractivity contribution >= 4 is 0 Å². The molecule has 0 aromatic heterocycles. The molecular weight excluding hydrogens is 448 g/mol. The second kappa shape index (κ2) is 26.9. The summed E-state index contributed by atoms with van der Waals surface area (Å²) in [5.41, 5.74) is 0. The maximum Gasteiger partial charge on any atom is 0.101 e. The van der Waals surface area contributed by atoms with Crippen LogP contribution in [-0.4, -0.2) is 29.1 Å². The van der Waals surface area contributed by atoms with Crippen LogP contribution in [0.15, 0.2) is 12.4 Å². The Balaban J connectivity index is 2.12. The maximum absolute atomic E-state index is 2.69. The Morgan fingerprint density at radius 3 is 1.00 bits per heavy atom. The van der Waals surface area contributed by atoms with E-state index in [-0.39, 0.29) is 0 Å². The molecule has 220 valence electrons. The summed E-state index contributed by atoms with van der Waals surface area (Å²) in [6.07, 6.45) is 44.0. The van der Waals surface area contributed by atoms with Gasteiger partial charge in [0.2, 0.25) is 0 Å². The van der Waals surface area contributed by atoms with Crippen LogP contribution in [-0.2, 0) is 0 Å². The van der Waals surface area contributed by atoms with Gasteiger partial charge in [0.15, 0.2) is 0 Å². The van der Waals surface area contributed by atoms with Gasteiger partial charge in [0.25, 0.3) is 0 Å². The number of hydrogen-bond acceptors (Lipinski definition) is 2. The molecule has 0 aromatic rings. The summed E-state index contributed by atoms with van der Waals surface area (Å²) in [5, 5.41) is 0. The Kier molecular flexibility index (Phi) is 25.0. The van der Waals surface area contributed by atoms with Crippen LogP contribution in [0.2, 0.25) is 0 Å². The van der Waals surface area contributed by atoms with Crippen LogP contribution in [0.25, 0.3) is 0 Å². The highest BCUT2D eigenvalue weighted by molar-refractivity contribution is 4.97. The Labute approximate surface area is 235 Å². The van der Waals surface area contributed by atoms with Crippen molar-refractivity contribution in [2.75, 3.05) is 13.1 Å². The molecule has 0 saturated heterocycles. The van der Waals surface area contributed by atoms with Gasteiger partial charge in [-0.25, -0.2) is 0 Å². The maximum atomic E-state index is 2.69. The number of unbranched alkanes of at least 4 members (excludes halogenated alkanes) is 23. The third-order valence-corrected chi connectivity index (χ3v) is 8.57. The lowest BCUT2D eigenvalue weighted by molar-refractivity contribution is 0.135.